The van der Waals surface area contributed by atoms with Crippen molar-refractivity contribution in [2.24, 2.45) is 5.41 Å². The minimum atomic E-state index is -0.463. The zero-order chi connectivity index (χ0) is 15.3. The average molecular weight is 291 g/mol. The van der Waals surface area contributed by atoms with Crippen molar-refractivity contribution in [2.45, 2.75) is 58.6 Å². The number of benzene rings is 1. The van der Waals surface area contributed by atoms with E-state index in [2.05, 4.69) is 19.2 Å². The number of ether oxygens (including phenoxy) is 1. The lowest BCUT2D eigenvalue weighted by Gasteiger charge is -2.36. The number of hydrogen-bond donors (Lipinski definition) is 2. The molecule has 1 aliphatic rings. The molecule has 1 aromatic carbocycles. The molecule has 0 radical (unpaired) electrons. The third kappa shape index (κ3) is 5.33. The van der Waals surface area contributed by atoms with Crippen LogP contribution in [-0.2, 0) is 0 Å². The van der Waals surface area contributed by atoms with E-state index in [1.54, 1.807) is 0 Å². The number of aryl methyl sites for hydroxylation is 1. The molecular weight excluding hydrogens is 262 g/mol. The van der Waals surface area contributed by atoms with Crippen LogP contribution in [0.25, 0.3) is 0 Å². The van der Waals surface area contributed by atoms with E-state index in [1.165, 1.54) is 25.7 Å². The van der Waals surface area contributed by atoms with Gasteiger partial charge >= 0.3 is 0 Å². The summed E-state index contributed by atoms with van der Waals surface area (Å²) >= 11 is 0. The zero-order valence-electron chi connectivity index (χ0n) is 13.6. The fourth-order valence-electron chi connectivity index (χ4n) is 3.14. The van der Waals surface area contributed by atoms with Crippen molar-refractivity contribution in [3.63, 3.8) is 0 Å². The van der Waals surface area contributed by atoms with E-state index in [1.807, 2.05) is 31.2 Å². The number of nitrogens with one attached hydrogen (secondary N) is 1. The van der Waals surface area contributed by atoms with Crippen molar-refractivity contribution < 1.29 is 9.84 Å². The highest BCUT2D eigenvalue weighted by Gasteiger charge is 2.27. The molecule has 0 heterocycles. The summed E-state index contributed by atoms with van der Waals surface area (Å²) in [5.74, 6) is 0.857. The summed E-state index contributed by atoms with van der Waals surface area (Å²) in [6, 6.07) is 8.44. The minimum Gasteiger partial charge on any atom is -0.491 e. The predicted octanol–water partition coefficient (Wildman–Crippen LogP) is 3.29. The Morgan fingerprint density at radius 1 is 1.38 bits per heavy atom. The van der Waals surface area contributed by atoms with Gasteiger partial charge in [0.05, 0.1) is 0 Å². The third-order valence-corrected chi connectivity index (χ3v) is 4.37. The van der Waals surface area contributed by atoms with E-state index >= 15 is 0 Å². The predicted molar refractivity (Wildman–Crippen MR) is 86.7 cm³/mol. The maximum Gasteiger partial charge on any atom is 0.122 e. The molecule has 118 valence electrons. The summed E-state index contributed by atoms with van der Waals surface area (Å²) in [6.07, 6.45) is 4.53. The standard InChI is InChI=1S/C18H29NO2/c1-14-7-4-5-9-17(14)21-13-16(20)12-19-15-8-6-10-18(2,3)11-15/h4-5,7,9,15-16,19-20H,6,8,10-13H2,1-3H3. The number of para-hydroxylation sites is 1. The fraction of sp³-hybridized carbons (Fsp3) is 0.667. The van der Waals surface area contributed by atoms with Crippen LogP contribution in [0.2, 0.25) is 0 Å². The fourth-order valence-corrected chi connectivity index (χ4v) is 3.14. The van der Waals surface area contributed by atoms with Crippen molar-refractivity contribution in [3.05, 3.63) is 29.8 Å². The first-order valence-electron chi connectivity index (χ1n) is 8.06. The van der Waals surface area contributed by atoms with Crippen LogP contribution >= 0.6 is 0 Å². The summed E-state index contributed by atoms with van der Waals surface area (Å²) in [4.78, 5) is 0. The molecule has 1 saturated carbocycles. The molecule has 0 spiro atoms. The lowest BCUT2D eigenvalue weighted by atomic mass is 9.75. The van der Waals surface area contributed by atoms with E-state index in [9.17, 15) is 5.11 Å². The van der Waals surface area contributed by atoms with Crippen LogP contribution in [0.3, 0.4) is 0 Å². The lowest BCUT2D eigenvalue weighted by Crippen LogP contribution is -2.42. The van der Waals surface area contributed by atoms with Gasteiger partial charge in [-0.3, -0.25) is 0 Å². The van der Waals surface area contributed by atoms with Crippen molar-refractivity contribution >= 4 is 0 Å². The van der Waals surface area contributed by atoms with Gasteiger partial charge in [-0.15, -0.1) is 0 Å². The molecule has 0 saturated heterocycles. The van der Waals surface area contributed by atoms with E-state index in [-0.39, 0.29) is 0 Å². The smallest absolute Gasteiger partial charge is 0.122 e. The molecule has 2 rings (SSSR count). The molecule has 2 unspecified atom stereocenters. The topological polar surface area (TPSA) is 41.5 Å². The number of hydrogen-bond acceptors (Lipinski definition) is 3. The van der Waals surface area contributed by atoms with Crippen molar-refractivity contribution in [1.29, 1.82) is 0 Å². The molecule has 0 aromatic heterocycles. The molecule has 21 heavy (non-hydrogen) atoms. The molecule has 2 atom stereocenters. The summed E-state index contributed by atoms with van der Waals surface area (Å²) in [6.45, 7) is 7.63. The van der Waals surface area contributed by atoms with E-state index in [0.29, 0.717) is 24.6 Å². The highest BCUT2D eigenvalue weighted by Crippen LogP contribution is 2.34. The molecule has 0 amide bonds. The van der Waals surface area contributed by atoms with Crippen LogP contribution in [0.4, 0.5) is 0 Å². The summed E-state index contributed by atoms with van der Waals surface area (Å²) in [7, 11) is 0. The van der Waals surface area contributed by atoms with E-state index in [0.717, 1.165) is 11.3 Å². The highest BCUT2D eigenvalue weighted by molar-refractivity contribution is 5.31. The van der Waals surface area contributed by atoms with Crippen LogP contribution in [0.1, 0.15) is 45.1 Å². The Balaban J connectivity index is 1.70. The number of rotatable bonds is 6. The second kappa shape index (κ2) is 7.28. The summed E-state index contributed by atoms with van der Waals surface area (Å²) in [5.41, 5.74) is 1.53. The molecule has 3 heteroatoms. The number of aliphatic hydroxyl groups is 1. The maximum atomic E-state index is 10.1. The van der Waals surface area contributed by atoms with Gasteiger partial charge in [0.25, 0.3) is 0 Å². The van der Waals surface area contributed by atoms with Crippen LogP contribution in [-0.4, -0.2) is 30.4 Å². The molecule has 1 aromatic rings. The van der Waals surface area contributed by atoms with Gasteiger partial charge in [0, 0.05) is 12.6 Å². The SMILES string of the molecule is Cc1ccccc1OCC(O)CNC1CCCC(C)(C)C1. The van der Waals surface area contributed by atoms with Gasteiger partial charge in [-0.25, -0.2) is 0 Å². The lowest BCUT2D eigenvalue weighted by molar-refractivity contribution is 0.0962. The van der Waals surface area contributed by atoms with Gasteiger partial charge < -0.3 is 15.2 Å². The highest BCUT2D eigenvalue weighted by atomic mass is 16.5. The second-order valence-corrected chi connectivity index (χ2v) is 7.10. The van der Waals surface area contributed by atoms with Crippen LogP contribution < -0.4 is 10.1 Å². The van der Waals surface area contributed by atoms with Gasteiger partial charge in [0.1, 0.15) is 18.5 Å². The monoisotopic (exact) mass is 291 g/mol. The molecular formula is C18H29NO2. The Hall–Kier alpha value is -1.06. The van der Waals surface area contributed by atoms with Crippen LogP contribution in [0.15, 0.2) is 24.3 Å². The summed E-state index contributed by atoms with van der Waals surface area (Å²) < 4.78 is 5.69. The molecule has 2 N–H and O–H groups in total. The Morgan fingerprint density at radius 2 is 2.14 bits per heavy atom. The molecule has 3 nitrogen and oxygen atoms in total. The molecule has 0 bridgehead atoms. The van der Waals surface area contributed by atoms with Crippen LogP contribution in [0.5, 0.6) is 5.75 Å². The van der Waals surface area contributed by atoms with E-state index < -0.39 is 6.10 Å². The average Bonchev–Trinajstić information content (AvgIpc) is 2.43. The molecule has 1 aliphatic carbocycles. The first-order chi connectivity index (χ1) is 9.96. The van der Waals surface area contributed by atoms with Crippen molar-refractivity contribution in [3.8, 4) is 5.75 Å². The van der Waals surface area contributed by atoms with Crippen molar-refractivity contribution in [1.82, 2.24) is 5.32 Å². The first kappa shape index (κ1) is 16.3. The van der Waals surface area contributed by atoms with Gasteiger partial charge in [0.15, 0.2) is 0 Å². The van der Waals surface area contributed by atoms with Crippen LogP contribution in [0, 0.1) is 12.3 Å². The minimum absolute atomic E-state index is 0.341. The normalized spacial score (nSPS) is 22.8. The van der Waals surface area contributed by atoms with Crippen molar-refractivity contribution in [2.75, 3.05) is 13.2 Å². The number of aliphatic hydroxyl groups excluding tert-OH is 1. The third-order valence-electron chi connectivity index (χ3n) is 4.37. The summed E-state index contributed by atoms with van der Waals surface area (Å²) in [5, 5.41) is 13.6. The molecule has 0 aliphatic heterocycles. The van der Waals surface area contributed by atoms with Gasteiger partial charge in [0.2, 0.25) is 0 Å². The first-order valence-corrected chi connectivity index (χ1v) is 8.06. The van der Waals surface area contributed by atoms with Gasteiger partial charge in [-0.2, -0.15) is 0 Å². The Kier molecular flexibility index (Phi) is 5.65. The van der Waals surface area contributed by atoms with Gasteiger partial charge in [-0.1, -0.05) is 38.5 Å². The second-order valence-electron chi connectivity index (χ2n) is 7.10. The zero-order valence-corrected chi connectivity index (χ0v) is 13.6. The van der Waals surface area contributed by atoms with E-state index in [4.69, 9.17) is 4.74 Å². The van der Waals surface area contributed by atoms with Gasteiger partial charge in [-0.05, 0) is 43.2 Å². The molecule has 1 fully saturated rings. The largest absolute Gasteiger partial charge is 0.491 e. The Bertz CT molecular complexity index is 445. The Labute approximate surface area is 128 Å². The maximum absolute atomic E-state index is 10.1. The Morgan fingerprint density at radius 3 is 2.86 bits per heavy atom. The quantitative estimate of drug-likeness (QED) is 0.845.